The number of aryl methyl sites for hydroxylation is 1. The normalized spacial score (nSPS) is 10.7. The number of nitrogens with zero attached hydrogens (tertiary/aromatic N) is 2. The predicted octanol–water partition coefficient (Wildman–Crippen LogP) is 3.27. The van der Waals surface area contributed by atoms with E-state index in [0.29, 0.717) is 0 Å². The van der Waals surface area contributed by atoms with Crippen LogP contribution in [0.25, 0.3) is 11.3 Å². The van der Waals surface area contributed by atoms with Gasteiger partial charge in [-0.15, -0.1) is 0 Å². The number of carboxylic acids is 1. The fourth-order valence-electron chi connectivity index (χ4n) is 1.83. The fraction of sp³-hybridized carbons (Fsp3) is 0.267. The van der Waals surface area contributed by atoms with E-state index in [9.17, 15) is 4.79 Å². The lowest BCUT2D eigenvalue weighted by Crippen LogP contribution is -2.02. The number of hydrogen-bond acceptors (Lipinski definition) is 3. The van der Waals surface area contributed by atoms with Gasteiger partial charge in [0.25, 0.3) is 0 Å². The Balaban J connectivity index is 2.54. The fourth-order valence-corrected chi connectivity index (χ4v) is 1.83. The monoisotopic (exact) mass is 256 g/mol. The molecule has 0 aliphatic rings. The molecule has 19 heavy (non-hydrogen) atoms. The van der Waals surface area contributed by atoms with Crippen LogP contribution in [-0.2, 0) is 0 Å². The molecule has 0 fully saturated rings. The molecule has 0 aliphatic carbocycles. The third-order valence-corrected chi connectivity index (χ3v) is 2.89. The van der Waals surface area contributed by atoms with Crippen LogP contribution in [0.4, 0.5) is 0 Å². The lowest BCUT2D eigenvalue weighted by Gasteiger charge is -2.09. The van der Waals surface area contributed by atoms with Crippen LogP contribution in [0.3, 0.4) is 0 Å². The Morgan fingerprint density at radius 1 is 1.32 bits per heavy atom. The van der Waals surface area contributed by atoms with Crippen molar-refractivity contribution in [1.82, 2.24) is 9.97 Å². The van der Waals surface area contributed by atoms with E-state index >= 15 is 0 Å². The number of rotatable bonds is 3. The van der Waals surface area contributed by atoms with Crippen molar-refractivity contribution >= 4 is 5.97 Å². The van der Waals surface area contributed by atoms with Crippen LogP contribution in [0, 0.1) is 6.92 Å². The first-order valence-electron chi connectivity index (χ1n) is 6.16. The maximum atomic E-state index is 11.0. The maximum absolute atomic E-state index is 11.0. The zero-order valence-electron chi connectivity index (χ0n) is 11.2. The molecule has 1 aromatic carbocycles. The molecule has 0 spiro atoms. The molecule has 4 nitrogen and oxygen atoms in total. The van der Waals surface area contributed by atoms with E-state index in [1.807, 2.05) is 26.8 Å². The van der Waals surface area contributed by atoms with E-state index in [2.05, 4.69) is 9.97 Å². The van der Waals surface area contributed by atoms with E-state index in [0.717, 1.165) is 22.6 Å². The van der Waals surface area contributed by atoms with Crippen LogP contribution < -0.4 is 0 Å². The predicted molar refractivity (Wildman–Crippen MR) is 73.3 cm³/mol. The zero-order chi connectivity index (χ0) is 14.0. The van der Waals surface area contributed by atoms with E-state index in [1.54, 1.807) is 24.4 Å². The SMILES string of the molecule is Cc1cnc(C(C)C)nc1-c1cccc(C(=O)O)c1. The summed E-state index contributed by atoms with van der Waals surface area (Å²) in [6.45, 7) is 5.98. The quantitative estimate of drug-likeness (QED) is 0.915. The Kier molecular flexibility index (Phi) is 3.60. The van der Waals surface area contributed by atoms with Crippen molar-refractivity contribution in [2.75, 3.05) is 0 Å². The van der Waals surface area contributed by atoms with Crippen molar-refractivity contribution in [3.63, 3.8) is 0 Å². The summed E-state index contributed by atoms with van der Waals surface area (Å²) in [5, 5.41) is 9.04. The van der Waals surface area contributed by atoms with Crippen LogP contribution in [0.15, 0.2) is 30.5 Å². The standard InChI is InChI=1S/C15H16N2O2/c1-9(2)14-16-8-10(3)13(17-14)11-5-4-6-12(7-11)15(18)19/h4-9H,1-3H3,(H,18,19). The maximum Gasteiger partial charge on any atom is 0.335 e. The van der Waals surface area contributed by atoms with Gasteiger partial charge >= 0.3 is 5.97 Å². The van der Waals surface area contributed by atoms with Crippen molar-refractivity contribution in [2.24, 2.45) is 0 Å². The average Bonchev–Trinajstić information content (AvgIpc) is 2.39. The van der Waals surface area contributed by atoms with Gasteiger partial charge in [-0.05, 0) is 24.6 Å². The van der Waals surface area contributed by atoms with Gasteiger partial charge in [0, 0.05) is 17.7 Å². The molecule has 2 rings (SSSR count). The molecule has 0 aliphatic heterocycles. The van der Waals surface area contributed by atoms with Crippen LogP contribution in [0.1, 0.15) is 41.5 Å². The minimum Gasteiger partial charge on any atom is -0.478 e. The van der Waals surface area contributed by atoms with E-state index in [1.165, 1.54) is 0 Å². The van der Waals surface area contributed by atoms with Crippen LogP contribution in [0.2, 0.25) is 0 Å². The summed E-state index contributed by atoms with van der Waals surface area (Å²) in [5.74, 6) is 0.0703. The minimum absolute atomic E-state index is 0.238. The Bertz CT molecular complexity index is 621. The van der Waals surface area contributed by atoms with Crippen molar-refractivity contribution in [1.29, 1.82) is 0 Å². The second-order valence-corrected chi connectivity index (χ2v) is 4.80. The summed E-state index contributed by atoms with van der Waals surface area (Å²) in [7, 11) is 0. The van der Waals surface area contributed by atoms with Gasteiger partial charge in [-0.1, -0.05) is 26.0 Å². The van der Waals surface area contributed by atoms with Gasteiger partial charge in [0.15, 0.2) is 0 Å². The molecule has 4 heteroatoms. The Morgan fingerprint density at radius 3 is 2.68 bits per heavy atom. The first kappa shape index (κ1) is 13.2. The molecule has 0 bridgehead atoms. The third-order valence-electron chi connectivity index (χ3n) is 2.89. The van der Waals surface area contributed by atoms with Crippen LogP contribution in [0.5, 0.6) is 0 Å². The van der Waals surface area contributed by atoms with Gasteiger partial charge in [-0.3, -0.25) is 0 Å². The Hall–Kier alpha value is -2.23. The van der Waals surface area contributed by atoms with Gasteiger partial charge in [-0.2, -0.15) is 0 Å². The minimum atomic E-state index is -0.933. The second kappa shape index (κ2) is 5.18. The number of carbonyl (C=O) groups is 1. The van der Waals surface area contributed by atoms with Gasteiger partial charge in [0.05, 0.1) is 11.3 Å². The lowest BCUT2D eigenvalue weighted by molar-refractivity contribution is 0.0697. The zero-order valence-corrected chi connectivity index (χ0v) is 11.2. The van der Waals surface area contributed by atoms with Gasteiger partial charge in [-0.25, -0.2) is 14.8 Å². The smallest absolute Gasteiger partial charge is 0.335 e. The first-order chi connectivity index (χ1) is 8.99. The molecule has 0 radical (unpaired) electrons. The molecule has 1 N–H and O–H groups in total. The molecule has 2 aromatic rings. The number of carboxylic acid groups (broad SMARTS) is 1. The summed E-state index contributed by atoms with van der Waals surface area (Å²) < 4.78 is 0. The molecule has 0 atom stereocenters. The molecule has 0 unspecified atom stereocenters. The molecule has 0 amide bonds. The number of hydrogen-bond donors (Lipinski definition) is 1. The van der Waals surface area contributed by atoms with Gasteiger partial charge < -0.3 is 5.11 Å². The summed E-state index contributed by atoms with van der Waals surface area (Å²) in [4.78, 5) is 19.8. The first-order valence-corrected chi connectivity index (χ1v) is 6.16. The number of aromatic carboxylic acids is 1. The van der Waals surface area contributed by atoms with Crippen LogP contribution >= 0.6 is 0 Å². The molecule has 0 saturated heterocycles. The number of aromatic nitrogens is 2. The molecule has 1 heterocycles. The highest BCUT2D eigenvalue weighted by molar-refractivity contribution is 5.89. The Labute approximate surface area is 112 Å². The largest absolute Gasteiger partial charge is 0.478 e. The topological polar surface area (TPSA) is 63.1 Å². The summed E-state index contributed by atoms with van der Waals surface area (Å²) in [5.41, 5.74) is 2.80. The van der Waals surface area contributed by atoms with Crippen molar-refractivity contribution in [2.45, 2.75) is 26.7 Å². The highest BCUT2D eigenvalue weighted by Gasteiger charge is 2.11. The molecule has 0 saturated carbocycles. The van der Waals surface area contributed by atoms with Crippen molar-refractivity contribution < 1.29 is 9.90 Å². The molecule has 1 aromatic heterocycles. The van der Waals surface area contributed by atoms with Crippen molar-refractivity contribution in [3.05, 3.63) is 47.4 Å². The van der Waals surface area contributed by atoms with Crippen LogP contribution in [-0.4, -0.2) is 21.0 Å². The van der Waals surface area contributed by atoms with E-state index < -0.39 is 5.97 Å². The van der Waals surface area contributed by atoms with E-state index in [4.69, 9.17) is 5.11 Å². The van der Waals surface area contributed by atoms with Crippen molar-refractivity contribution in [3.8, 4) is 11.3 Å². The molecule has 98 valence electrons. The highest BCUT2D eigenvalue weighted by atomic mass is 16.4. The molecular formula is C15H16N2O2. The summed E-state index contributed by atoms with van der Waals surface area (Å²) in [6, 6.07) is 6.81. The second-order valence-electron chi connectivity index (χ2n) is 4.80. The highest BCUT2D eigenvalue weighted by Crippen LogP contribution is 2.23. The van der Waals surface area contributed by atoms with Gasteiger partial charge in [0.2, 0.25) is 0 Å². The Morgan fingerprint density at radius 2 is 2.05 bits per heavy atom. The summed E-state index contributed by atoms with van der Waals surface area (Å²) >= 11 is 0. The lowest BCUT2D eigenvalue weighted by atomic mass is 10.0. The van der Waals surface area contributed by atoms with Gasteiger partial charge in [0.1, 0.15) is 5.82 Å². The van der Waals surface area contributed by atoms with E-state index in [-0.39, 0.29) is 11.5 Å². The number of benzene rings is 1. The average molecular weight is 256 g/mol. The summed E-state index contributed by atoms with van der Waals surface area (Å²) in [6.07, 6.45) is 1.78. The third kappa shape index (κ3) is 2.78. The molecular weight excluding hydrogens is 240 g/mol.